The van der Waals surface area contributed by atoms with Gasteiger partial charge in [-0.2, -0.15) is 5.10 Å². The summed E-state index contributed by atoms with van der Waals surface area (Å²) in [5.74, 6) is 0.645. The molecule has 1 aromatic rings. The molecule has 0 atom stereocenters. The molecule has 0 aromatic carbocycles. The third-order valence-electron chi connectivity index (χ3n) is 2.52. The molecule has 0 amide bonds. The Labute approximate surface area is 96.5 Å². The number of aliphatic hydroxyl groups excluding tert-OH is 1. The van der Waals surface area contributed by atoms with E-state index in [-0.39, 0.29) is 6.61 Å². The minimum absolute atomic E-state index is 0.182. The second-order valence-electron chi connectivity index (χ2n) is 4.15. The molecule has 90 valence electrons. The van der Waals surface area contributed by atoms with Crippen molar-refractivity contribution in [2.45, 2.75) is 40.2 Å². The first-order chi connectivity index (χ1) is 7.56. The van der Waals surface area contributed by atoms with Crippen LogP contribution in [0.1, 0.15) is 31.7 Å². The van der Waals surface area contributed by atoms with Gasteiger partial charge < -0.3 is 10.0 Å². The van der Waals surface area contributed by atoms with E-state index in [1.807, 2.05) is 13.8 Å². The van der Waals surface area contributed by atoms with Crippen molar-refractivity contribution in [2.24, 2.45) is 0 Å². The van der Waals surface area contributed by atoms with Crippen LogP contribution in [0.5, 0.6) is 0 Å². The minimum Gasteiger partial charge on any atom is -0.396 e. The lowest BCUT2D eigenvalue weighted by molar-refractivity contribution is 0.288. The zero-order valence-electron chi connectivity index (χ0n) is 10.4. The number of hydrogen-bond donors (Lipinski definition) is 1. The van der Waals surface area contributed by atoms with Gasteiger partial charge in [-0.1, -0.05) is 0 Å². The van der Waals surface area contributed by atoms with Crippen LogP contribution in [0.3, 0.4) is 0 Å². The smallest absolute Gasteiger partial charge is 0.245 e. The monoisotopic (exact) mass is 224 g/mol. The minimum atomic E-state index is 0.182. The van der Waals surface area contributed by atoms with Crippen LogP contribution in [0.2, 0.25) is 0 Å². The fourth-order valence-corrected chi connectivity index (χ4v) is 1.40. The van der Waals surface area contributed by atoms with Gasteiger partial charge in [0.1, 0.15) is 0 Å². The van der Waals surface area contributed by atoms with Crippen molar-refractivity contribution in [3.63, 3.8) is 0 Å². The van der Waals surface area contributed by atoms with Crippen LogP contribution in [0.4, 0.5) is 5.95 Å². The molecule has 0 aliphatic rings. The van der Waals surface area contributed by atoms with E-state index < -0.39 is 0 Å². The molecule has 1 heterocycles. The molecule has 0 saturated heterocycles. The van der Waals surface area contributed by atoms with Gasteiger partial charge in [0.15, 0.2) is 0 Å². The molecule has 0 aliphatic carbocycles. The Balaban J connectivity index is 2.88. The van der Waals surface area contributed by atoms with E-state index in [9.17, 15) is 0 Å². The van der Waals surface area contributed by atoms with Gasteiger partial charge in [0.2, 0.25) is 5.95 Å². The number of hydrogen-bond acceptors (Lipinski definition) is 5. The molecule has 0 fully saturated rings. The number of anilines is 1. The first-order valence-corrected chi connectivity index (χ1v) is 5.61. The highest BCUT2D eigenvalue weighted by Crippen LogP contribution is 2.12. The number of nitrogens with zero attached hydrogens (tertiary/aromatic N) is 4. The van der Waals surface area contributed by atoms with Crippen molar-refractivity contribution >= 4 is 5.95 Å². The average molecular weight is 224 g/mol. The lowest BCUT2D eigenvalue weighted by Crippen LogP contribution is -2.34. The van der Waals surface area contributed by atoms with Crippen LogP contribution in [0, 0.1) is 13.8 Å². The van der Waals surface area contributed by atoms with Gasteiger partial charge >= 0.3 is 0 Å². The molecule has 1 aromatic heterocycles. The largest absolute Gasteiger partial charge is 0.396 e. The molecule has 0 unspecified atom stereocenters. The summed E-state index contributed by atoms with van der Waals surface area (Å²) in [7, 11) is 0. The lowest BCUT2D eigenvalue weighted by atomic mass is 10.3. The van der Waals surface area contributed by atoms with Gasteiger partial charge in [-0.25, -0.2) is 4.98 Å². The van der Waals surface area contributed by atoms with Crippen molar-refractivity contribution in [3.8, 4) is 0 Å². The number of aryl methyl sites for hydroxylation is 2. The Bertz CT molecular complexity index is 341. The molecule has 0 radical (unpaired) electrons. The van der Waals surface area contributed by atoms with Crippen molar-refractivity contribution < 1.29 is 5.11 Å². The number of aliphatic hydroxyl groups is 1. The Morgan fingerprint density at radius 3 is 2.38 bits per heavy atom. The van der Waals surface area contributed by atoms with Gasteiger partial charge in [-0.15, -0.1) is 5.10 Å². The van der Waals surface area contributed by atoms with Crippen LogP contribution in [-0.4, -0.2) is 39.5 Å². The summed E-state index contributed by atoms with van der Waals surface area (Å²) >= 11 is 0. The summed E-state index contributed by atoms with van der Waals surface area (Å²) < 4.78 is 0. The normalized spacial score (nSPS) is 10.9. The highest BCUT2D eigenvalue weighted by atomic mass is 16.3. The molecule has 5 nitrogen and oxygen atoms in total. The fourth-order valence-electron chi connectivity index (χ4n) is 1.40. The zero-order chi connectivity index (χ0) is 12.1. The van der Waals surface area contributed by atoms with Crippen LogP contribution in [0.25, 0.3) is 0 Å². The maximum absolute atomic E-state index is 8.86. The van der Waals surface area contributed by atoms with Gasteiger partial charge in [0, 0.05) is 19.2 Å². The summed E-state index contributed by atoms with van der Waals surface area (Å²) in [5, 5.41) is 17.0. The fraction of sp³-hybridized carbons (Fsp3) is 0.727. The Kier molecular flexibility index (Phi) is 4.61. The summed E-state index contributed by atoms with van der Waals surface area (Å²) in [6, 6.07) is 0.301. The topological polar surface area (TPSA) is 62.1 Å². The highest BCUT2D eigenvalue weighted by molar-refractivity contribution is 5.30. The molecule has 0 saturated carbocycles. The summed E-state index contributed by atoms with van der Waals surface area (Å²) in [6.45, 7) is 8.91. The molecular weight excluding hydrogens is 204 g/mol. The molecule has 1 N–H and O–H groups in total. The van der Waals surface area contributed by atoms with Crippen LogP contribution < -0.4 is 4.90 Å². The SMILES string of the molecule is Cc1nnc(N(CCCO)C(C)C)nc1C. The predicted molar refractivity (Wildman–Crippen MR) is 63.5 cm³/mol. The van der Waals surface area contributed by atoms with E-state index in [1.54, 1.807) is 0 Å². The molecule has 5 heteroatoms. The third-order valence-corrected chi connectivity index (χ3v) is 2.52. The maximum Gasteiger partial charge on any atom is 0.245 e. The van der Waals surface area contributed by atoms with Crippen LogP contribution in [-0.2, 0) is 0 Å². The van der Waals surface area contributed by atoms with Crippen LogP contribution >= 0.6 is 0 Å². The van der Waals surface area contributed by atoms with Gasteiger partial charge in [0.05, 0.1) is 11.4 Å². The summed E-state index contributed by atoms with van der Waals surface area (Å²) in [5.41, 5.74) is 1.76. The van der Waals surface area contributed by atoms with Crippen molar-refractivity contribution in [1.29, 1.82) is 0 Å². The number of rotatable bonds is 5. The molecular formula is C11H20N4O. The van der Waals surface area contributed by atoms with Crippen molar-refractivity contribution in [1.82, 2.24) is 15.2 Å². The van der Waals surface area contributed by atoms with Gasteiger partial charge in [-0.05, 0) is 34.1 Å². The standard InChI is InChI=1S/C11H20N4O/c1-8(2)15(6-5-7-16)11-12-9(3)10(4)13-14-11/h8,16H,5-7H2,1-4H3. The Hall–Kier alpha value is -1.23. The zero-order valence-corrected chi connectivity index (χ0v) is 10.4. The Morgan fingerprint density at radius 2 is 1.88 bits per heavy atom. The first-order valence-electron chi connectivity index (χ1n) is 5.61. The average Bonchev–Trinajstić information content (AvgIpc) is 2.23. The third kappa shape index (κ3) is 3.13. The van der Waals surface area contributed by atoms with Crippen molar-refractivity contribution in [2.75, 3.05) is 18.1 Å². The second kappa shape index (κ2) is 5.75. The maximum atomic E-state index is 8.86. The predicted octanol–water partition coefficient (Wildman–Crippen LogP) is 1.09. The van der Waals surface area contributed by atoms with E-state index in [0.717, 1.165) is 17.9 Å². The first kappa shape index (κ1) is 12.8. The van der Waals surface area contributed by atoms with E-state index >= 15 is 0 Å². The highest BCUT2D eigenvalue weighted by Gasteiger charge is 2.14. The quantitative estimate of drug-likeness (QED) is 0.811. The number of aromatic nitrogens is 3. The van der Waals surface area contributed by atoms with Crippen LogP contribution in [0.15, 0.2) is 0 Å². The second-order valence-corrected chi connectivity index (χ2v) is 4.15. The summed E-state index contributed by atoms with van der Waals surface area (Å²) in [4.78, 5) is 6.47. The van der Waals surface area contributed by atoms with E-state index in [0.29, 0.717) is 18.4 Å². The Morgan fingerprint density at radius 1 is 1.19 bits per heavy atom. The molecule has 0 bridgehead atoms. The van der Waals surface area contributed by atoms with Gasteiger partial charge in [-0.3, -0.25) is 0 Å². The lowest BCUT2D eigenvalue weighted by Gasteiger charge is -2.26. The van der Waals surface area contributed by atoms with E-state index in [2.05, 4.69) is 33.9 Å². The molecule has 0 aliphatic heterocycles. The molecule has 16 heavy (non-hydrogen) atoms. The summed E-state index contributed by atoms with van der Waals surface area (Å²) in [6.07, 6.45) is 0.717. The van der Waals surface area contributed by atoms with Crippen molar-refractivity contribution in [3.05, 3.63) is 11.4 Å². The van der Waals surface area contributed by atoms with Gasteiger partial charge in [0.25, 0.3) is 0 Å². The van der Waals surface area contributed by atoms with E-state index in [4.69, 9.17) is 5.11 Å². The molecule has 1 rings (SSSR count). The van der Waals surface area contributed by atoms with E-state index in [1.165, 1.54) is 0 Å². The molecule has 0 spiro atoms.